The predicted molar refractivity (Wildman–Crippen MR) is 124 cm³/mol. The number of aromatic nitrogens is 2. The third kappa shape index (κ3) is 7.00. The van der Waals surface area contributed by atoms with Crippen molar-refractivity contribution in [3.05, 3.63) is 48.8 Å². The third-order valence-electron chi connectivity index (χ3n) is 4.73. The van der Waals surface area contributed by atoms with Crippen LogP contribution in [0.5, 0.6) is 5.75 Å². The Morgan fingerprint density at radius 2 is 2.00 bits per heavy atom. The van der Waals surface area contributed by atoms with E-state index in [2.05, 4.69) is 29.2 Å². The average Bonchev–Trinajstić information content (AvgIpc) is 3.20. The number of hydrogen-bond acceptors (Lipinski definition) is 3. The Bertz CT molecular complexity index is 684. The molecule has 1 aliphatic heterocycles. The van der Waals surface area contributed by atoms with Gasteiger partial charge in [0.05, 0.1) is 0 Å². The van der Waals surface area contributed by atoms with Gasteiger partial charge in [-0.15, -0.1) is 24.0 Å². The van der Waals surface area contributed by atoms with Crippen LogP contribution in [0.3, 0.4) is 0 Å². The van der Waals surface area contributed by atoms with Gasteiger partial charge in [0.1, 0.15) is 11.9 Å². The molecule has 3 rings (SSSR count). The van der Waals surface area contributed by atoms with E-state index < -0.39 is 0 Å². The minimum absolute atomic E-state index is 0. The van der Waals surface area contributed by atoms with Crippen molar-refractivity contribution in [2.45, 2.75) is 39.3 Å². The minimum atomic E-state index is 0. The quantitative estimate of drug-likeness (QED) is 0.361. The molecule has 1 aromatic heterocycles. The number of aliphatic imine (C=N–C) groups is 1. The van der Waals surface area contributed by atoms with Gasteiger partial charge in [-0.25, -0.2) is 0 Å². The van der Waals surface area contributed by atoms with E-state index in [9.17, 15) is 0 Å². The van der Waals surface area contributed by atoms with Gasteiger partial charge in [-0.2, -0.15) is 5.10 Å². The van der Waals surface area contributed by atoms with Crippen LogP contribution in [0.4, 0.5) is 0 Å². The molecule has 0 aliphatic carbocycles. The fourth-order valence-corrected chi connectivity index (χ4v) is 3.33. The van der Waals surface area contributed by atoms with Gasteiger partial charge in [-0.3, -0.25) is 9.67 Å². The van der Waals surface area contributed by atoms with Gasteiger partial charge in [-0.1, -0.05) is 25.1 Å². The van der Waals surface area contributed by atoms with Crippen LogP contribution in [0, 0.1) is 5.92 Å². The normalized spacial score (nSPS) is 16.4. The number of halogens is 1. The van der Waals surface area contributed by atoms with Crippen molar-refractivity contribution in [2.75, 3.05) is 26.2 Å². The highest BCUT2D eigenvalue weighted by Gasteiger charge is 2.22. The van der Waals surface area contributed by atoms with E-state index in [1.54, 1.807) is 0 Å². The maximum Gasteiger partial charge on any atom is 0.193 e. The second-order valence-electron chi connectivity index (χ2n) is 7.15. The van der Waals surface area contributed by atoms with E-state index in [-0.39, 0.29) is 30.1 Å². The zero-order chi connectivity index (χ0) is 18.9. The van der Waals surface area contributed by atoms with Crippen molar-refractivity contribution >= 4 is 29.9 Å². The van der Waals surface area contributed by atoms with Crippen LogP contribution < -0.4 is 10.1 Å². The summed E-state index contributed by atoms with van der Waals surface area (Å²) < 4.78 is 8.08. The summed E-state index contributed by atoms with van der Waals surface area (Å²) in [5, 5.41) is 7.72. The van der Waals surface area contributed by atoms with Crippen LogP contribution in [-0.2, 0) is 6.54 Å². The number of benzene rings is 1. The Kier molecular flexibility index (Phi) is 9.60. The Morgan fingerprint density at radius 3 is 2.64 bits per heavy atom. The van der Waals surface area contributed by atoms with E-state index in [0.717, 1.165) is 57.3 Å². The molecular formula is C21H32IN5O. The highest BCUT2D eigenvalue weighted by Crippen LogP contribution is 2.18. The van der Waals surface area contributed by atoms with Crippen LogP contribution in [0.1, 0.15) is 26.7 Å². The van der Waals surface area contributed by atoms with Crippen molar-refractivity contribution in [1.29, 1.82) is 0 Å². The summed E-state index contributed by atoms with van der Waals surface area (Å²) in [4.78, 5) is 7.23. The highest BCUT2D eigenvalue weighted by molar-refractivity contribution is 14.0. The lowest BCUT2D eigenvalue weighted by Gasteiger charge is -2.34. The average molecular weight is 497 g/mol. The van der Waals surface area contributed by atoms with Gasteiger partial charge in [0.25, 0.3) is 0 Å². The first-order chi connectivity index (χ1) is 13.2. The lowest BCUT2D eigenvalue weighted by molar-refractivity contribution is 0.129. The monoisotopic (exact) mass is 497 g/mol. The summed E-state index contributed by atoms with van der Waals surface area (Å²) in [5.74, 6) is 2.42. The summed E-state index contributed by atoms with van der Waals surface area (Å²) in [6.07, 6.45) is 6.14. The van der Waals surface area contributed by atoms with Gasteiger partial charge in [0, 0.05) is 58.0 Å². The smallest absolute Gasteiger partial charge is 0.193 e. The first-order valence-electron chi connectivity index (χ1n) is 9.97. The van der Waals surface area contributed by atoms with E-state index in [1.165, 1.54) is 0 Å². The molecule has 0 spiro atoms. The predicted octanol–water partition coefficient (Wildman–Crippen LogP) is 3.65. The molecule has 6 nitrogen and oxygen atoms in total. The number of hydrogen-bond donors (Lipinski definition) is 1. The molecule has 0 bridgehead atoms. The van der Waals surface area contributed by atoms with E-state index >= 15 is 0 Å². The van der Waals surface area contributed by atoms with Crippen molar-refractivity contribution in [1.82, 2.24) is 20.0 Å². The second-order valence-corrected chi connectivity index (χ2v) is 7.15. The third-order valence-corrected chi connectivity index (χ3v) is 4.73. The van der Waals surface area contributed by atoms with Crippen LogP contribution in [0.15, 0.2) is 53.8 Å². The summed E-state index contributed by atoms with van der Waals surface area (Å²) in [5.41, 5.74) is 0. The molecule has 0 amide bonds. The molecule has 2 aromatic rings. The summed E-state index contributed by atoms with van der Waals surface area (Å²) in [7, 11) is 0. The second kappa shape index (κ2) is 11.9. The lowest BCUT2D eigenvalue weighted by atomic mass is 10.1. The highest BCUT2D eigenvalue weighted by atomic mass is 127. The molecule has 0 radical (unpaired) electrons. The van der Waals surface area contributed by atoms with Crippen LogP contribution in [0.25, 0.3) is 0 Å². The lowest BCUT2D eigenvalue weighted by Crippen LogP contribution is -2.47. The maximum absolute atomic E-state index is 6.10. The molecule has 2 heterocycles. The molecule has 1 saturated heterocycles. The first-order valence-corrected chi connectivity index (χ1v) is 9.97. The Hall–Kier alpha value is -1.77. The van der Waals surface area contributed by atoms with Gasteiger partial charge in [-0.05, 0) is 31.0 Å². The van der Waals surface area contributed by atoms with E-state index in [0.29, 0.717) is 5.92 Å². The molecule has 1 aliphatic rings. The SMILES string of the molecule is CCNC(=NCC(C)Cn1cccn1)N1CCC(Oc2ccccc2)CC1.I. The molecular weight excluding hydrogens is 465 g/mol. The minimum Gasteiger partial charge on any atom is -0.490 e. The number of likely N-dealkylation sites (tertiary alicyclic amines) is 1. The van der Waals surface area contributed by atoms with Crippen molar-refractivity contribution in [3.8, 4) is 5.75 Å². The van der Waals surface area contributed by atoms with Crippen molar-refractivity contribution < 1.29 is 4.74 Å². The van der Waals surface area contributed by atoms with E-state index in [4.69, 9.17) is 9.73 Å². The Morgan fingerprint density at radius 1 is 1.25 bits per heavy atom. The molecule has 1 atom stereocenters. The van der Waals surface area contributed by atoms with Gasteiger partial charge < -0.3 is 15.0 Å². The molecule has 1 unspecified atom stereocenters. The first kappa shape index (κ1) is 22.5. The van der Waals surface area contributed by atoms with Gasteiger partial charge >= 0.3 is 0 Å². The number of para-hydroxylation sites is 1. The molecule has 154 valence electrons. The number of piperidine rings is 1. The zero-order valence-electron chi connectivity index (χ0n) is 16.8. The van der Waals surface area contributed by atoms with Crippen LogP contribution >= 0.6 is 24.0 Å². The van der Waals surface area contributed by atoms with Gasteiger partial charge in [0.15, 0.2) is 5.96 Å². The molecule has 7 heteroatoms. The zero-order valence-corrected chi connectivity index (χ0v) is 19.2. The number of nitrogens with zero attached hydrogens (tertiary/aromatic N) is 4. The van der Waals surface area contributed by atoms with Gasteiger partial charge in [0.2, 0.25) is 0 Å². The number of guanidine groups is 1. The maximum atomic E-state index is 6.10. The Balaban J connectivity index is 0.00000280. The summed E-state index contributed by atoms with van der Waals surface area (Å²) in [6, 6.07) is 12.1. The fraction of sp³-hybridized carbons (Fsp3) is 0.524. The molecule has 28 heavy (non-hydrogen) atoms. The largest absolute Gasteiger partial charge is 0.490 e. The van der Waals surface area contributed by atoms with E-state index in [1.807, 2.05) is 53.5 Å². The fourth-order valence-electron chi connectivity index (χ4n) is 3.33. The topological polar surface area (TPSA) is 54.7 Å². The molecule has 0 saturated carbocycles. The van der Waals surface area contributed by atoms with Crippen LogP contribution in [0.2, 0.25) is 0 Å². The van der Waals surface area contributed by atoms with Crippen molar-refractivity contribution in [3.63, 3.8) is 0 Å². The number of ether oxygens (including phenoxy) is 1. The standard InChI is InChI=1S/C21H31N5O.HI/c1-3-22-21(23-16-18(2)17-26-13-7-12-24-26)25-14-10-20(11-15-25)27-19-8-5-4-6-9-19;/h4-9,12-13,18,20H,3,10-11,14-17H2,1-2H3,(H,22,23);1H. The molecule has 1 N–H and O–H groups in total. The van der Waals surface area contributed by atoms with Crippen LogP contribution in [-0.4, -0.2) is 52.9 Å². The van der Waals surface area contributed by atoms with Crippen molar-refractivity contribution in [2.24, 2.45) is 10.9 Å². The number of nitrogens with one attached hydrogen (secondary N) is 1. The molecule has 1 fully saturated rings. The molecule has 1 aromatic carbocycles. The summed E-state index contributed by atoms with van der Waals surface area (Å²) >= 11 is 0. The summed E-state index contributed by atoms with van der Waals surface area (Å²) in [6.45, 7) is 8.84. The Labute approximate surface area is 185 Å². The number of rotatable bonds is 7.